The van der Waals surface area contributed by atoms with Crippen LogP contribution in [0.4, 0.5) is 4.79 Å². The highest BCUT2D eigenvalue weighted by Crippen LogP contribution is 2.22. The van der Waals surface area contributed by atoms with Gasteiger partial charge in [0.15, 0.2) is 0 Å². The molecule has 0 aliphatic rings. The highest BCUT2D eigenvalue weighted by molar-refractivity contribution is 9.10. The van der Waals surface area contributed by atoms with Gasteiger partial charge in [0.05, 0.1) is 0 Å². The number of carbonyl (C=O) groups excluding carboxylic acids is 1. The van der Waals surface area contributed by atoms with E-state index in [2.05, 4.69) is 33.4 Å². The van der Waals surface area contributed by atoms with Gasteiger partial charge in [-0.2, -0.15) is 0 Å². The Balaban J connectivity index is 2.62. The number of hydrogen-bond acceptors (Lipinski definition) is 2. The lowest BCUT2D eigenvalue weighted by Crippen LogP contribution is -2.32. The van der Waals surface area contributed by atoms with E-state index in [4.69, 9.17) is 4.74 Å². The fourth-order valence-electron chi connectivity index (χ4n) is 1.63. The minimum absolute atomic E-state index is 0.388. The minimum Gasteiger partial charge on any atom is -0.444 e. The Morgan fingerprint density at radius 1 is 1.28 bits per heavy atom. The van der Waals surface area contributed by atoms with Gasteiger partial charge in [-0.1, -0.05) is 28.1 Å². The van der Waals surface area contributed by atoms with Crippen LogP contribution in [0.2, 0.25) is 0 Å². The molecule has 0 aromatic heterocycles. The summed E-state index contributed by atoms with van der Waals surface area (Å²) in [6, 6.07) is 4.10. The molecule has 0 radical (unpaired) electrons. The molecule has 1 amide bonds. The molecule has 1 aromatic rings. The van der Waals surface area contributed by atoms with Crippen molar-refractivity contribution in [1.82, 2.24) is 5.32 Å². The standard InChI is InChI=1S/C14H20BrNO2/c1-9-6-11(7-10(2)12(9)15)8-16-13(17)18-14(3,4)5/h6-7H,8H2,1-5H3,(H,16,17). The summed E-state index contributed by atoms with van der Waals surface area (Å²) in [7, 11) is 0. The van der Waals surface area contributed by atoms with Crippen LogP contribution in [0.25, 0.3) is 0 Å². The van der Waals surface area contributed by atoms with Crippen LogP contribution in [0.15, 0.2) is 16.6 Å². The van der Waals surface area contributed by atoms with E-state index in [1.807, 2.05) is 34.6 Å². The maximum absolute atomic E-state index is 11.5. The molecular weight excluding hydrogens is 294 g/mol. The maximum atomic E-state index is 11.5. The van der Waals surface area contributed by atoms with Gasteiger partial charge in [0.25, 0.3) is 0 Å². The van der Waals surface area contributed by atoms with Gasteiger partial charge in [0.2, 0.25) is 0 Å². The Morgan fingerprint density at radius 3 is 2.22 bits per heavy atom. The van der Waals surface area contributed by atoms with Crippen molar-refractivity contribution in [3.8, 4) is 0 Å². The smallest absolute Gasteiger partial charge is 0.407 e. The predicted octanol–water partition coefficient (Wildman–Crippen LogP) is 4.09. The van der Waals surface area contributed by atoms with Crippen LogP contribution >= 0.6 is 15.9 Å². The molecule has 100 valence electrons. The average molecular weight is 314 g/mol. The van der Waals surface area contributed by atoms with Gasteiger partial charge < -0.3 is 10.1 Å². The van der Waals surface area contributed by atoms with E-state index >= 15 is 0 Å². The Kier molecular flexibility index (Phi) is 4.79. The van der Waals surface area contributed by atoms with Crippen molar-refractivity contribution < 1.29 is 9.53 Å². The Labute approximate surface area is 117 Å². The molecule has 0 aliphatic heterocycles. The van der Waals surface area contributed by atoms with Crippen LogP contribution in [-0.4, -0.2) is 11.7 Å². The van der Waals surface area contributed by atoms with Gasteiger partial charge >= 0.3 is 6.09 Å². The molecule has 0 atom stereocenters. The van der Waals surface area contributed by atoms with E-state index in [-0.39, 0.29) is 6.09 Å². The lowest BCUT2D eigenvalue weighted by Gasteiger charge is -2.19. The summed E-state index contributed by atoms with van der Waals surface area (Å²) < 4.78 is 6.30. The molecule has 1 aromatic carbocycles. The molecule has 18 heavy (non-hydrogen) atoms. The molecule has 0 bridgehead atoms. The van der Waals surface area contributed by atoms with Crippen molar-refractivity contribution in [1.29, 1.82) is 0 Å². The van der Waals surface area contributed by atoms with Gasteiger partial charge in [-0.3, -0.25) is 0 Å². The summed E-state index contributed by atoms with van der Waals surface area (Å²) in [6.07, 6.45) is -0.388. The zero-order chi connectivity index (χ0) is 13.9. The highest BCUT2D eigenvalue weighted by atomic mass is 79.9. The number of benzene rings is 1. The fourth-order valence-corrected chi connectivity index (χ4v) is 1.85. The Bertz CT molecular complexity index is 427. The maximum Gasteiger partial charge on any atom is 0.407 e. The number of rotatable bonds is 2. The summed E-state index contributed by atoms with van der Waals surface area (Å²) in [4.78, 5) is 11.5. The zero-order valence-corrected chi connectivity index (χ0v) is 13.1. The van der Waals surface area contributed by atoms with E-state index in [0.717, 1.165) is 21.2 Å². The first-order valence-electron chi connectivity index (χ1n) is 5.91. The number of carbonyl (C=O) groups is 1. The van der Waals surface area contributed by atoms with E-state index in [9.17, 15) is 4.79 Å². The molecule has 0 fully saturated rings. The topological polar surface area (TPSA) is 38.3 Å². The molecule has 3 nitrogen and oxygen atoms in total. The first-order chi connectivity index (χ1) is 8.19. The number of halogens is 1. The van der Waals surface area contributed by atoms with Crippen molar-refractivity contribution in [2.45, 2.75) is 46.8 Å². The van der Waals surface area contributed by atoms with Gasteiger partial charge in [0, 0.05) is 11.0 Å². The molecule has 1 N–H and O–H groups in total. The second-order valence-electron chi connectivity index (χ2n) is 5.40. The van der Waals surface area contributed by atoms with E-state index < -0.39 is 5.60 Å². The third kappa shape index (κ3) is 4.69. The van der Waals surface area contributed by atoms with Crippen molar-refractivity contribution in [2.75, 3.05) is 0 Å². The molecule has 0 aliphatic carbocycles. The predicted molar refractivity (Wildman–Crippen MR) is 76.7 cm³/mol. The Morgan fingerprint density at radius 2 is 1.78 bits per heavy atom. The monoisotopic (exact) mass is 313 g/mol. The number of amides is 1. The van der Waals surface area contributed by atoms with E-state index in [1.54, 1.807) is 0 Å². The van der Waals surface area contributed by atoms with Crippen molar-refractivity contribution in [3.05, 3.63) is 33.3 Å². The molecular formula is C14H20BrNO2. The third-order valence-electron chi connectivity index (χ3n) is 2.33. The molecule has 0 spiro atoms. The summed E-state index contributed by atoms with van der Waals surface area (Å²) in [6.45, 7) is 10.1. The molecule has 0 unspecified atom stereocenters. The quantitative estimate of drug-likeness (QED) is 0.893. The summed E-state index contributed by atoms with van der Waals surface area (Å²) in [5.74, 6) is 0. The second kappa shape index (κ2) is 5.74. The molecule has 1 rings (SSSR count). The van der Waals surface area contributed by atoms with Crippen LogP contribution in [0, 0.1) is 13.8 Å². The van der Waals surface area contributed by atoms with Gasteiger partial charge in [-0.05, 0) is 51.3 Å². The second-order valence-corrected chi connectivity index (χ2v) is 6.19. The SMILES string of the molecule is Cc1cc(CNC(=O)OC(C)(C)C)cc(C)c1Br. The van der Waals surface area contributed by atoms with Crippen LogP contribution in [-0.2, 0) is 11.3 Å². The first-order valence-corrected chi connectivity index (χ1v) is 6.71. The van der Waals surface area contributed by atoms with Gasteiger partial charge in [-0.15, -0.1) is 0 Å². The fraction of sp³-hybridized carbons (Fsp3) is 0.500. The number of alkyl carbamates (subject to hydrolysis) is 1. The van der Waals surface area contributed by atoms with Crippen molar-refractivity contribution in [3.63, 3.8) is 0 Å². The normalized spacial score (nSPS) is 11.2. The minimum atomic E-state index is -0.463. The lowest BCUT2D eigenvalue weighted by atomic mass is 10.1. The van der Waals surface area contributed by atoms with Gasteiger partial charge in [-0.25, -0.2) is 4.79 Å². The lowest BCUT2D eigenvalue weighted by molar-refractivity contribution is 0.0523. The zero-order valence-electron chi connectivity index (χ0n) is 11.6. The molecule has 0 saturated carbocycles. The van der Waals surface area contributed by atoms with E-state index in [0.29, 0.717) is 6.54 Å². The first kappa shape index (κ1) is 15.0. The number of ether oxygens (including phenoxy) is 1. The highest BCUT2D eigenvalue weighted by Gasteiger charge is 2.15. The summed E-state index contributed by atoms with van der Waals surface area (Å²) in [5.41, 5.74) is 2.93. The summed E-state index contributed by atoms with van der Waals surface area (Å²) in [5, 5.41) is 2.75. The third-order valence-corrected chi connectivity index (χ3v) is 3.58. The van der Waals surface area contributed by atoms with Crippen LogP contribution in [0.1, 0.15) is 37.5 Å². The van der Waals surface area contributed by atoms with Crippen LogP contribution < -0.4 is 5.32 Å². The van der Waals surface area contributed by atoms with Crippen molar-refractivity contribution >= 4 is 22.0 Å². The van der Waals surface area contributed by atoms with Crippen LogP contribution in [0.3, 0.4) is 0 Å². The average Bonchev–Trinajstić information content (AvgIpc) is 2.20. The largest absolute Gasteiger partial charge is 0.444 e. The van der Waals surface area contributed by atoms with Gasteiger partial charge in [0.1, 0.15) is 5.60 Å². The van der Waals surface area contributed by atoms with Crippen LogP contribution in [0.5, 0.6) is 0 Å². The number of aryl methyl sites for hydroxylation is 2. The number of nitrogens with one attached hydrogen (secondary N) is 1. The number of hydrogen-bond donors (Lipinski definition) is 1. The Hall–Kier alpha value is -1.03. The molecule has 0 heterocycles. The molecule has 4 heteroatoms. The van der Waals surface area contributed by atoms with E-state index in [1.165, 1.54) is 0 Å². The summed E-state index contributed by atoms with van der Waals surface area (Å²) >= 11 is 3.52. The van der Waals surface area contributed by atoms with Crippen molar-refractivity contribution in [2.24, 2.45) is 0 Å². The molecule has 0 saturated heterocycles.